The summed E-state index contributed by atoms with van der Waals surface area (Å²) in [5.41, 5.74) is 0.940. The molecule has 0 amide bonds. The highest BCUT2D eigenvalue weighted by Gasteiger charge is 2.23. The molecule has 1 saturated carbocycles. The Balaban J connectivity index is 1.94. The third-order valence-corrected chi connectivity index (χ3v) is 2.24. The first-order chi connectivity index (χ1) is 7.29. The molecule has 2 rings (SSSR count). The van der Waals surface area contributed by atoms with Crippen molar-refractivity contribution in [2.75, 3.05) is 6.61 Å². The van der Waals surface area contributed by atoms with Gasteiger partial charge in [0.05, 0.1) is 18.8 Å². The molecule has 80 valence electrons. The number of aromatic nitrogens is 2. The van der Waals surface area contributed by atoms with Gasteiger partial charge in [-0.3, -0.25) is 4.68 Å². The smallest absolute Gasteiger partial charge is 0.330 e. The summed E-state index contributed by atoms with van der Waals surface area (Å²) in [5, 5.41) is 4.22. The van der Waals surface area contributed by atoms with E-state index in [-0.39, 0.29) is 5.97 Å². The van der Waals surface area contributed by atoms with Crippen LogP contribution in [0.25, 0.3) is 6.08 Å². The molecule has 0 radical (unpaired) electrons. The first-order valence-corrected chi connectivity index (χ1v) is 5.18. The van der Waals surface area contributed by atoms with Gasteiger partial charge < -0.3 is 4.74 Å². The van der Waals surface area contributed by atoms with E-state index < -0.39 is 0 Å². The maximum Gasteiger partial charge on any atom is 0.330 e. The zero-order valence-electron chi connectivity index (χ0n) is 8.72. The average Bonchev–Trinajstić information content (AvgIpc) is 2.96. The fourth-order valence-corrected chi connectivity index (χ4v) is 1.33. The lowest BCUT2D eigenvalue weighted by Gasteiger charge is -1.93. The molecule has 4 heteroatoms. The lowest BCUT2D eigenvalue weighted by molar-refractivity contribution is -0.137. The molecule has 0 atom stereocenters. The Hall–Kier alpha value is -1.58. The third kappa shape index (κ3) is 2.68. The Kier molecular flexibility index (Phi) is 2.85. The van der Waals surface area contributed by atoms with Crippen LogP contribution >= 0.6 is 0 Å². The van der Waals surface area contributed by atoms with Crippen molar-refractivity contribution >= 4 is 12.0 Å². The van der Waals surface area contributed by atoms with Crippen molar-refractivity contribution in [2.24, 2.45) is 0 Å². The van der Waals surface area contributed by atoms with Crippen molar-refractivity contribution in [3.63, 3.8) is 0 Å². The molecule has 1 heterocycles. The fourth-order valence-electron chi connectivity index (χ4n) is 1.33. The molecule has 0 spiro atoms. The highest BCUT2D eigenvalue weighted by molar-refractivity contribution is 5.86. The van der Waals surface area contributed by atoms with Crippen LogP contribution in [0.5, 0.6) is 0 Å². The van der Waals surface area contributed by atoms with Crippen molar-refractivity contribution in [2.45, 2.75) is 25.8 Å². The monoisotopic (exact) mass is 206 g/mol. The molecule has 1 aromatic rings. The van der Waals surface area contributed by atoms with Crippen LogP contribution in [0, 0.1) is 0 Å². The van der Waals surface area contributed by atoms with Crippen molar-refractivity contribution in [3.8, 4) is 0 Å². The summed E-state index contributed by atoms with van der Waals surface area (Å²) in [6, 6.07) is 0.578. The Morgan fingerprint density at radius 2 is 2.53 bits per heavy atom. The third-order valence-electron chi connectivity index (χ3n) is 2.24. The van der Waals surface area contributed by atoms with Crippen molar-refractivity contribution < 1.29 is 9.53 Å². The van der Waals surface area contributed by atoms with Gasteiger partial charge in [0.2, 0.25) is 0 Å². The summed E-state index contributed by atoms with van der Waals surface area (Å²) in [6.07, 6.45) is 9.29. The van der Waals surface area contributed by atoms with E-state index in [9.17, 15) is 4.79 Å². The molecule has 0 unspecified atom stereocenters. The minimum Gasteiger partial charge on any atom is -0.463 e. The summed E-state index contributed by atoms with van der Waals surface area (Å²) in [4.78, 5) is 11.0. The minimum absolute atomic E-state index is 0.309. The van der Waals surface area contributed by atoms with Gasteiger partial charge in [-0.25, -0.2) is 4.79 Å². The Labute approximate surface area is 88.5 Å². The van der Waals surface area contributed by atoms with E-state index in [1.54, 1.807) is 19.2 Å². The first kappa shape index (κ1) is 9.96. The molecular weight excluding hydrogens is 192 g/mol. The maximum atomic E-state index is 11.0. The van der Waals surface area contributed by atoms with E-state index in [1.165, 1.54) is 18.9 Å². The van der Waals surface area contributed by atoms with Gasteiger partial charge in [-0.1, -0.05) is 0 Å². The van der Waals surface area contributed by atoms with E-state index in [0.717, 1.165) is 5.56 Å². The molecule has 1 fully saturated rings. The van der Waals surface area contributed by atoms with Gasteiger partial charge in [-0.05, 0) is 25.8 Å². The van der Waals surface area contributed by atoms with Crippen LogP contribution in [0.3, 0.4) is 0 Å². The van der Waals surface area contributed by atoms with Crippen LogP contribution in [0.15, 0.2) is 18.5 Å². The second-order valence-corrected chi connectivity index (χ2v) is 3.57. The molecule has 0 aromatic carbocycles. The molecule has 0 N–H and O–H groups in total. The van der Waals surface area contributed by atoms with Crippen LogP contribution in [0.2, 0.25) is 0 Å². The maximum absolute atomic E-state index is 11.0. The van der Waals surface area contributed by atoms with Gasteiger partial charge in [0.1, 0.15) is 0 Å². The SMILES string of the molecule is CCOC(=O)/C=C/c1cnn(C2CC2)c1. The lowest BCUT2D eigenvalue weighted by atomic mass is 10.3. The molecule has 0 bridgehead atoms. The summed E-state index contributed by atoms with van der Waals surface area (Å²) >= 11 is 0. The molecule has 1 aliphatic rings. The molecule has 1 aromatic heterocycles. The van der Waals surface area contributed by atoms with Gasteiger partial charge in [0.25, 0.3) is 0 Å². The van der Waals surface area contributed by atoms with E-state index in [1.807, 2.05) is 10.9 Å². The van der Waals surface area contributed by atoms with Gasteiger partial charge in [-0.15, -0.1) is 0 Å². The van der Waals surface area contributed by atoms with E-state index in [4.69, 9.17) is 4.74 Å². The number of hydrogen-bond donors (Lipinski definition) is 0. The van der Waals surface area contributed by atoms with Crippen molar-refractivity contribution in [1.82, 2.24) is 9.78 Å². The summed E-state index contributed by atoms with van der Waals surface area (Å²) < 4.78 is 6.73. The van der Waals surface area contributed by atoms with Crippen molar-refractivity contribution in [1.29, 1.82) is 0 Å². The van der Waals surface area contributed by atoms with Gasteiger partial charge in [-0.2, -0.15) is 5.10 Å². The van der Waals surface area contributed by atoms with Gasteiger partial charge in [0.15, 0.2) is 0 Å². The largest absolute Gasteiger partial charge is 0.463 e. The van der Waals surface area contributed by atoms with E-state index >= 15 is 0 Å². The molecule has 0 aliphatic heterocycles. The predicted molar refractivity (Wildman–Crippen MR) is 56.2 cm³/mol. The van der Waals surface area contributed by atoms with Gasteiger partial charge in [0, 0.05) is 17.8 Å². The standard InChI is InChI=1S/C11H14N2O2/c1-2-15-11(14)6-3-9-7-12-13(8-9)10-4-5-10/h3,6-8,10H,2,4-5H2,1H3/b6-3+. The van der Waals surface area contributed by atoms with Crippen molar-refractivity contribution in [3.05, 3.63) is 24.0 Å². The summed E-state index contributed by atoms with van der Waals surface area (Å²) in [7, 11) is 0. The second-order valence-electron chi connectivity index (χ2n) is 3.57. The number of hydrogen-bond acceptors (Lipinski definition) is 3. The lowest BCUT2D eigenvalue weighted by Crippen LogP contribution is -1.98. The van der Waals surface area contributed by atoms with E-state index in [2.05, 4.69) is 5.10 Å². The quantitative estimate of drug-likeness (QED) is 0.557. The summed E-state index contributed by atoms with van der Waals surface area (Å²) in [6.45, 7) is 2.20. The zero-order valence-corrected chi connectivity index (χ0v) is 8.72. The highest BCUT2D eigenvalue weighted by atomic mass is 16.5. The van der Waals surface area contributed by atoms with Crippen LogP contribution in [0.4, 0.5) is 0 Å². The fraction of sp³-hybridized carbons (Fsp3) is 0.455. The zero-order chi connectivity index (χ0) is 10.7. The molecule has 4 nitrogen and oxygen atoms in total. The predicted octanol–water partition coefficient (Wildman–Crippen LogP) is 1.79. The average molecular weight is 206 g/mol. The number of nitrogens with zero attached hydrogens (tertiary/aromatic N) is 2. The molecule has 0 saturated heterocycles. The number of ether oxygens (including phenoxy) is 1. The van der Waals surface area contributed by atoms with E-state index in [0.29, 0.717) is 12.6 Å². The molecule has 15 heavy (non-hydrogen) atoms. The Bertz CT molecular complexity index is 378. The highest BCUT2D eigenvalue weighted by Crippen LogP contribution is 2.34. The summed E-state index contributed by atoms with van der Waals surface area (Å²) in [5.74, 6) is -0.309. The van der Waals surface area contributed by atoms with Crippen LogP contribution in [0.1, 0.15) is 31.4 Å². The number of rotatable bonds is 4. The number of carbonyl (C=O) groups excluding carboxylic acids is 1. The molecular formula is C11H14N2O2. The number of carbonyl (C=O) groups is 1. The minimum atomic E-state index is -0.309. The first-order valence-electron chi connectivity index (χ1n) is 5.18. The van der Waals surface area contributed by atoms with Crippen LogP contribution in [-0.2, 0) is 9.53 Å². The number of esters is 1. The van der Waals surface area contributed by atoms with Gasteiger partial charge >= 0.3 is 5.97 Å². The Morgan fingerprint density at radius 3 is 3.20 bits per heavy atom. The molecule has 1 aliphatic carbocycles. The normalized spacial score (nSPS) is 15.8. The topological polar surface area (TPSA) is 44.1 Å². The van der Waals surface area contributed by atoms with Crippen LogP contribution in [-0.4, -0.2) is 22.4 Å². The second kappa shape index (κ2) is 4.29. The Morgan fingerprint density at radius 1 is 1.73 bits per heavy atom. The van der Waals surface area contributed by atoms with Crippen LogP contribution < -0.4 is 0 Å².